The summed E-state index contributed by atoms with van der Waals surface area (Å²) >= 11 is 4.16. The second-order valence-electron chi connectivity index (χ2n) is 1.19. The molecule has 1 rings (SSSR count). The van der Waals surface area contributed by atoms with E-state index in [0.717, 1.165) is 12.7 Å². The quantitative estimate of drug-likeness (QED) is 0.301. The molecule has 0 spiro atoms. The minimum absolute atomic E-state index is 0.273. The fraction of sp³-hybridized carbons (Fsp3) is 1.00. The van der Waals surface area contributed by atoms with Crippen LogP contribution in [0.25, 0.3) is 0 Å². The van der Waals surface area contributed by atoms with E-state index in [9.17, 15) is 0 Å². The molecule has 0 atom stereocenters. The van der Waals surface area contributed by atoms with Crippen molar-refractivity contribution in [3.63, 3.8) is 0 Å². The summed E-state index contributed by atoms with van der Waals surface area (Å²) in [7, 11) is 1.10. The van der Waals surface area contributed by atoms with Crippen molar-refractivity contribution < 1.29 is 9.31 Å². The van der Waals surface area contributed by atoms with Gasteiger partial charge in [-0.05, 0) is 7.12 Å². The summed E-state index contributed by atoms with van der Waals surface area (Å²) < 4.78 is 9.57. The van der Waals surface area contributed by atoms with Crippen molar-refractivity contribution >= 4 is 27.1 Å². The second kappa shape index (κ2) is 2.93. The van der Waals surface area contributed by atoms with Crippen LogP contribution in [0.5, 0.6) is 0 Å². The molecular weight excluding hydrogens is 130 g/mol. The molecule has 1 aliphatic heterocycles. The highest BCUT2D eigenvalue weighted by Gasteiger charge is 2.09. The van der Waals surface area contributed by atoms with Crippen LogP contribution in [0.4, 0.5) is 0 Å². The molecule has 0 unspecified atom stereocenters. The predicted octanol–water partition coefficient (Wildman–Crippen LogP) is 0.809. The Hall–Kier alpha value is 0.765. The molecule has 0 aromatic carbocycles. The van der Waals surface area contributed by atoms with Crippen LogP contribution in [-0.2, 0) is 9.31 Å². The van der Waals surface area contributed by atoms with Crippen molar-refractivity contribution in [2.24, 2.45) is 0 Å². The molecule has 0 bridgehead atoms. The third-order valence-corrected chi connectivity index (χ3v) is 2.17. The molecular formula is C2H5BO2PS. The third-order valence-electron chi connectivity index (χ3n) is 0.583. The predicted molar refractivity (Wildman–Crippen MR) is 33.6 cm³/mol. The van der Waals surface area contributed by atoms with Crippen LogP contribution >= 0.6 is 19.4 Å². The second-order valence-corrected chi connectivity index (χ2v) is 4.42. The minimum atomic E-state index is -0.273. The summed E-state index contributed by atoms with van der Waals surface area (Å²) in [5.74, 6) is 0. The van der Waals surface area contributed by atoms with E-state index in [0.29, 0.717) is 0 Å². The van der Waals surface area contributed by atoms with Crippen molar-refractivity contribution in [3.8, 4) is 0 Å². The van der Waals surface area contributed by atoms with Crippen LogP contribution < -0.4 is 0 Å². The Bertz CT molecular complexity index is 57.7. The van der Waals surface area contributed by atoms with Crippen molar-refractivity contribution in [2.75, 3.05) is 12.7 Å². The van der Waals surface area contributed by atoms with Crippen LogP contribution in [-0.4, -0.2) is 20.4 Å². The molecule has 7 heavy (non-hydrogen) atoms. The Balaban J connectivity index is 2.12. The smallest absolute Gasteiger partial charge is 0.408 e. The van der Waals surface area contributed by atoms with Crippen molar-refractivity contribution in [3.05, 3.63) is 0 Å². The van der Waals surface area contributed by atoms with Gasteiger partial charge >= 0.3 is 7.69 Å². The van der Waals surface area contributed by atoms with Crippen molar-refractivity contribution in [1.82, 2.24) is 0 Å². The lowest BCUT2D eigenvalue weighted by molar-refractivity contribution is 0.263. The first kappa shape index (κ1) is 5.89. The minimum Gasteiger partial charge on any atom is -0.408 e. The van der Waals surface area contributed by atoms with Gasteiger partial charge in [-0.15, -0.1) is 12.2 Å². The van der Waals surface area contributed by atoms with E-state index in [2.05, 4.69) is 12.2 Å². The Kier molecular flexibility index (Phi) is 2.46. The Morgan fingerprint density at radius 1 is 1.43 bits per heavy atom. The van der Waals surface area contributed by atoms with Gasteiger partial charge in [0.15, 0.2) is 0 Å². The molecule has 1 fully saturated rings. The van der Waals surface area contributed by atoms with Gasteiger partial charge in [-0.25, -0.2) is 0 Å². The van der Waals surface area contributed by atoms with Crippen LogP contribution in [0, 0.1) is 0 Å². The highest BCUT2D eigenvalue weighted by molar-refractivity contribution is 8.45. The van der Waals surface area contributed by atoms with Gasteiger partial charge in [0.05, 0.1) is 12.7 Å². The summed E-state index contributed by atoms with van der Waals surface area (Å²) in [6.07, 6.45) is 1.47. The maximum Gasteiger partial charge on any atom is 0.488 e. The summed E-state index contributed by atoms with van der Waals surface area (Å²) in [6, 6.07) is 0. The zero-order valence-electron chi connectivity index (χ0n) is 3.70. The lowest BCUT2D eigenvalue weighted by Gasteiger charge is -2.15. The first-order valence-corrected chi connectivity index (χ1v) is 4.75. The van der Waals surface area contributed by atoms with Gasteiger partial charge < -0.3 is 9.31 Å². The maximum atomic E-state index is 4.79. The van der Waals surface area contributed by atoms with Gasteiger partial charge in [0, 0.05) is 0 Å². The van der Waals surface area contributed by atoms with Gasteiger partial charge in [-0.3, -0.25) is 0 Å². The zero-order chi connectivity index (χ0) is 5.11. The molecule has 0 aliphatic carbocycles. The number of rotatable bonds is 0. The lowest BCUT2D eigenvalue weighted by atomic mass is 10.4. The van der Waals surface area contributed by atoms with E-state index in [1.54, 1.807) is 0 Å². The van der Waals surface area contributed by atoms with E-state index in [4.69, 9.17) is 9.31 Å². The van der Waals surface area contributed by atoms with Crippen molar-refractivity contribution in [1.29, 1.82) is 0 Å². The van der Waals surface area contributed by atoms with E-state index < -0.39 is 0 Å². The van der Waals surface area contributed by atoms with Gasteiger partial charge in [0.1, 0.15) is 0 Å². The molecule has 1 heterocycles. The SMILES string of the molecule is SP1CO[B]OC1. The summed E-state index contributed by atoms with van der Waals surface area (Å²) in [5, 5.41) is 0. The summed E-state index contributed by atoms with van der Waals surface area (Å²) in [5.41, 5.74) is 0. The fourth-order valence-electron chi connectivity index (χ4n) is 0.318. The molecule has 39 valence electrons. The Morgan fingerprint density at radius 3 is 2.29 bits per heavy atom. The average Bonchev–Trinajstić information content (AvgIpc) is 1.69. The molecule has 0 N–H and O–H groups in total. The highest BCUT2D eigenvalue weighted by atomic mass is 32.7. The molecule has 5 heteroatoms. The normalized spacial score (nSPS) is 24.1. The molecule has 2 nitrogen and oxygen atoms in total. The molecule has 1 aliphatic rings. The van der Waals surface area contributed by atoms with E-state index >= 15 is 0 Å². The molecule has 0 amide bonds. The standard InChI is InChI=1S/C2H5BO2PS/c7-6-1-4-3-5-2-6/h7H,1-2H2. The van der Waals surface area contributed by atoms with E-state index in [-0.39, 0.29) is 7.12 Å². The van der Waals surface area contributed by atoms with Crippen LogP contribution in [0.1, 0.15) is 0 Å². The van der Waals surface area contributed by atoms with Gasteiger partial charge in [0.2, 0.25) is 0 Å². The zero-order valence-corrected chi connectivity index (χ0v) is 5.49. The first-order chi connectivity index (χ1) is 3.39. The molecule has 1 radical (unpaired) electrons. The number of thiol groups is 1. The topological polar surface area (TPSA) is 18.5 Å². The third kappa shape index (κ3) is 2.00. The van der Waals surface area contributed by atoms with Crippen LogP contribution in [0.15, 0.2) is 0 Å². The summed E-state index contributed by atoms with van der Waals surface area (Å²) in [4.78, 5) is 0. The first-order valence-electron chi connectivity index (χ1n) is 1.88. The molecule has 0 saturated carbocycles. The maximum absolute atomic E-state index is 4.79. The van der Waals surface area contributed by atoms with E-state index in [1.165, 1.54) is 7.69 Å². The number of hydrogen-bond acceptors (Lipinski definition) is 3. The van der Waals surface area contributed by atoms with Crippen molar-refractivity contribution in [2.45, 2.75) is 0 Å². The Morgan fingerprint density at radius 2 is 2.00 bits per heavy atom. The molecule has 0 aromatic heterocycles. The van der Waals surface area contributed by atoms with Gasteiger partial charge in [-0.2, -0.15) is 0 Å². The number of hydrogen-bond donors (Lipinski definition) is 1. The largest absolute Gasteiger partial charge is 0.488 e. The highest BCUT2D eigenvalue weighted by Crippen LogP contribution is 2.41. The summed E-state index contributed by atoms with van der Waals surface area (Å²) in [6.45, 7) is 0. The monoisotopic (exact) mass is 135 g/mol. The van der Waals surface area contributed by atoms with Crippen LogP contribution in [0.3, 0.4) is 0 Å². The molecule has 0 aromatic rings. The van der Waals surface area contributed by atoms with E-state index in [1.807, 2.05) is 0 Å². The van der Waals surface area contributed by atoms with Crippen LogP contribution in [0.2, 0.25) is 0 Å². The van der Waals surface area contributed by atoms with Gasteiger partial charge in [0.25, 0.3) is 0 Å². The Labute approximate surface area is 49.8 Å². The average molecular weight is 135 g/mol. The molecule has 1 saturated heterocycles. The lowest BCUT2D eigenvalue weighted by Crippen LogP contribution is -2.11. The fourth-order valence-corrected chi connectivity index (χ4v) is 1.26. The van der Waals surface area contributed by atoms with Gasteiger partial charge in [-0.1, -0.05) is 0 Å².